The first-order valence-corrected chi connectivity index (χ1v) is 6.75. The second-order valence-corrected chi connectivity index (χ2v) is 4.72. The van der Waals surface area contributed by atoms with E-state index in [-0.39, 0.29) is 11.9 Å². The number of nitrogens with zero attached hydrogens (tertiary/aromatic N) is 1. The average Bonchev–Trinajstić information content (AvgIpc) is 2.44. The largest absolute Gasteiger partial charge is 0.354 e. The van der Waals surface area contributed by atoms with Gasteiger partial charge in [0.05, 0.1) is 11.6 Å². The van der Waals surface area contributed by atoms with Crippen molar-refractivity contribution in [1.29, 1.82) is 5.26 Å². The number of halogens is 1. The minimum absolute atomic E-state index is 0.00727. The van der Waals surface area contributed by atoms with Crippen molar-refractivity contribution >= 4 is 5.91 Å². The van der Waals surface area contributed by atoms with Crippen molar-refractivity contribution in [3.8, 4) is 6.07 Å². The van der Waals surface area contributed by atoms with Gasteiger partial charge in [0.15, 0.2) is 0 Å². The molecule has 108 valence electrons. The van der Waals surface area contributed by atoms with Crippen molar-refractivity contribution in [1.82, 2.24) is 10.6 Å². The van der Waals surface area contributed by atoms with E-state index in [1.54, 1.807) is 12.1 Å². The summed E-state index contributed by atoms with van der Waals surface area (Å²) in [4.78, 5) is 11.5. The van der Waals surface area contributed by atoms with E-state index in [0.717, 1.165) is 6.42 Å². The summed E-state index contributed by atoms with van der Waals surface area (Å²) in [5.74, 6) is -0.409. The molecule has 5 heteroatoms. The highest BCUT2D eigenvalue weighted by atomic mass is 19.1. The van der Waals surface area contributed by atoms with E-state index >= 15 is 0 Å². The highest BCUT2D eigenvalue weighted by Crippen LogP contribution is 2.09. The lowest BCUT2D eigenvalue weighted by molar-refractivity contribution is -0.121. The van der Waals surface area contributed by atoms with Crippen LogP contribution in [0.3, 0.4) is 0 Å². The Bertz CT molecular complexity index is 496. The molecule has 1 unspecified atom stereocenters. The third kappa shape index (κ3) is 5.37. The Kier molecular flexibility index (Phi) is 6.68. The number of carbonyl (C=O) groups excluding carboxylic acids is 1. The SMILES string of the molecule is CCC(C)NC(=O)CCNCc1ccc(C#N)cc1F. The first-order chi connectivity index (χ1) is 9.56. The first kappa shape index (κ1) is 16.1. The van der Waals surface area contributed by atoms with Crippen LogP contribution in [-0.4, -0.2) is 18.5 Å². The van der Waals surface area contributed by atoms with Crippen LogP contribution in [0.4, 0.5) is 4.39 Å². The number of benzene rings is 1. The highest BCUT2D eigenvalue weighted by molar-refractivity contribution is 5.76. The van der Waals surface area contributed by atoms with Crippen molar-refractivity contribution < 1.29 is 9.18 Å². The highest BCUT2D eigenvalue weighted by Gasteiger charge is 2.06. The maximum atomic E-state index is 13.6. The normalized spacial score (nSPS) is 11.7. The molecule has 2 N–H and O–H groups in total. The van der Waals surface area contributed by atoms with Crippen LogP contribution in [0, 0.1) is 17.1 Å². The van der Waals surface area contributed by atoms with E-state index in [0.29, 0.717) is 30.6 Å². The van der Waals surface area contributed by atoms with Crippen LogP contribution in [0.1, 0.15) is 37.8 Å². The lowest BCUT2D eigenvalue weighted by atomic mass is 10.1. The Morgan fingerprint density at radius 3 is 2.85 bits per heavy atom. The first-order valence-electron chi connectivity index (χ1n) is 6.75. The van der Waals surface area contributed by atoms with Gasteiger partial charge < -0.3 is 10.6 Å². The topological polar surface area (TPSA) is 64.9 Å². The van der Waals surface area contributed by atoms with Gasteiger partial charge in [-0.2, -0.15) is 5.26 Å². The van der Waals surface area contributed by atoms with Crippen molar-refractivity contribution in [3.05, 3.63) is 35.1 Å². The summed E-state index contributed by atoms with van der Waals surface area (Å²) in [6.07, 6.45) is 1.26. The maximum absolute atomic E-state index is 13.6. The standard InChI is InChI=1S/C15H20FN3O/c1-3-11(2)19-15(20)6-7-18-10-13-5-4-12(9-17)8-14(13)16/h4-5,8,11,18H,3,6-7,10H2,1-2H3,(H,19,20). The fourth-order valence-corrected chi connectivity index (χ4v) is 1.63. The van der Waals surface area contributed by atoms with E-state index < -0.39 is 5.82 Å². The van der Waals surface area contributed by atoms with E-state index in [2.05, 4.69) is 10.6 Å². The molecule has 0 spiro atoms. The third-order valence-corrected chi connectivity index (χ3v) is 3.05. The molecule has 0 saturated carbocycles. The van der Waals surface area contributed by atoms with Crippen molar-refractivity contribution in [3.63, 3.8) is 0 Å². The van der Waals surface area contributed by atoms with Crippen molar-refractivity contribution in [2.75, 3.05) is 6.54 Å². The second kappa shape index (κ2) is 8.28. The van der Waals surface area contributed by atoms with E-state index in [1.807, 2.05) is 19.9 Å². The Labute approximate surface area is 119 Å². The minimum atomic E-state index is -0.402. The van der Waals surface area contributed by atoms with Gasteiger partial charge in [-0.05, 0) is 25.5 Å². The van der Waals surface area contributed by atoms with Crippen molar-refractivity contribution in [2.24, 2.45) is 0 Å². The zero-order valence-electron chi connectivity index (χ0n) is 11.9. The molecule has 0 aromatic heterocycles. The minimum Gasteiger partial charge on any atom is -0.354 e. The number of hydrogen-bond donors (Lipinski definition) is 2. The molecule has 0 aliphatic heterocycles. The van der Waals surface area contributed by atoms with E-state index in [4.69, 9.17) is 5.26 Å². The smallest absolute Gasteiger partial charge is 0.221 e. The number of amides is 1. The summed E-state index contributed by atoms with van der Waals surface area (Å²) in [5, 5.41) is 14.5. The summed E-state index contributed by atoms with van der Waals surface area (Å²) in [6, 6.07) is 6.44. The lowest BCUT2D eigenvalue weighted by Gasteiger charge is -2.11. The Balaban J connectivity index is 2.31. The molecule has 0 radical (unpaired) electrons. The van der Waals surface area contributed by atoms with Crippen LogP contribution in [-0.2, 0) is 11.3 Å². The number of hydrogen-bond acceptors (Lipinski definition) is 3. The van der Waals surface area contributed by atoms with Crippen LogP contribution < -0.4 is 10.6 Å². The number of rotatable bonds is 7. The maximum Gasteiger partial charge on any atom is 0.221 e. The predicted molar refractivity (Wildman–Crippen MR) is 75.3 cm³/mol. The van der Waals surface area contributed by atoms with Crippen LogP contribution in [0.15, 0.2) is 18.2 Å². The molecule has 1 rings (SSSR count). The summed E-state index contributed by atoms with van der Waals surface area (Å²) in [5.41, 5.74) is 0.797. The quantitative estimate of drug-likeness (QED) is 0.750. The predicted octanol–water partition coefficient (Wildman–Crippen LogP) is 2.09. The number of carbonyl (C=O) groups is 1. The molecular weight excluding hydrogens is 257 g/mol. The number of nitrogens with one attached hydrogen (secondary N) is 2. The van der Waals surface area contributed by atoms with Crippen LogP contribution in [0.2, 0.25) is 0 Å². The van der Waals surface area contributed by atoms with Gasteiger partial charge in [-0.25, -0.2) is 4.39 Å². The summed E-state index contributed by atoms with van der Waals surface area (Å²) >= 11 is 0. The molecule has 0 heterocycles. The molecule has 0 fully saturated rings. The summed E-state index contributed by atoms with van der Waals surface area (Å²) in [6.45, 7) is 4.80. The molecule has 1 aromatic carbocycles. The molecule has 0 bridgehead atoms. The average molecular weight is 277 g/mol. The summed E-state index contributed by atoms with van der Waals surface area (Å²) < 4.78 is 13.6. The molecule has 1 aromatic rings. The second-order valence-electron chi connectivity index (χ2n) is 4.72. The molecular formula is C15H20FN3O. The Morgan fingerprint density at radius 2 is 2.25 bits per heavy atom. The van der Waals surface area contributed by atoms with Gasteiger partial charge in [-0.3, -0.25) is 4.79 Å². The van der Waals surface area contributed by atoms with Crippen molar-refractivity contribution in [2.45, 2.75) is 39.3 Å². The molecule has 20 heavy (non-hydrogen) atoms. The monoisotopic (exact) mass is 277 g/mol. The number of nitriles is 1. The van der Waals surface area contributed by atoms with Gasteiger partial charge in [-0.1, -0.05) is 13.0 Å². The molecule has 1 amide bonds. The van der Waals surface area contributed by atoms with Gasteiger partial charge in [0.2, 0.25) is 5.91 Å². The van der Waals surface area contributed by atoms with E-state index in [9.17, 15) is 9.18 Å². The zero-order valence-corrected chi connectivity index (χ0v) is 11.9. The van der Waals surface area contributed by atoms with Gasteiger partial charge >= 0.3 is 0 Å². The van der Waals surface area contributed by atoms with E-state index in [1.165, 1.54) is 6.07 Å². The third-order valence-electron chi connectivity index (χ3n) is 3.05. The summed E-state index contributed by atoms with van der Waals surface area (Å²) in [7, 11) is 0. The molecule has 1 atom stereocenters. The van der Waals surface area contributed by atoms with Gasteiger partial charge in [0, 0.05) is 31.1 Å². The van der Waals surface area contributed by atoms with Gasteiger partial charge in [0.1, 0.15) is 5.82 Å². The van der Waals surface area contributed by atoms with Crippen LogP contribution in [0.5, 0.6) is 0 Å². The fourth-order valence-electron chi connectivity index (χ4n) is 1.63. The van der Waals surface area contributed by atoms with Gasteiger partial charge in [-0.15, -0.1) is 0 Å². The van der Waals surface area contributed by atoms with Crippen LogP contribution >= 0.6 is 0 Å². The molecule has 0 aliphatic carbocycles. The Morgan fingerprint density at radius 1 is 1.50 bits per heavy atom. The zero-order chi connectivity index (χ0) is 15.0. The van der Waals surface area contributed by atoms with Crippen LogP contribution in [0.25, 0.3) is 0 Å². The molecule has 4 nitrogen and oxygen atoms in total. The van der Waals surface area contributed by atoms with Gasteiger partial charge in [0.25, 0.3) is 0 Å². The fraction of sp³-hybridized carbons (Fsp3) is 0.467. The molecule has 0 saturated heterocycles. The molecule has 0 aliphatic rings. The lowest BCUT2D eigenvalue weighted by Crippen LogP contribution is -2.33. The Hall–Kier alpha value is -1.93.